The Balaban J connectivity index is 1.03. The molecule has 15 heteroatoms. The highest BCUT2D eigenvalue weighted by atomic mass is 32.2. The number of hydrogen-bond acceptors (Lipinski definition) is 13. The third kappa shape index (κ3) is 8.89. The molecule has 4 fully saturated rings. The molecule has 6 atom stereocenters. The molecule has 1 aromatic carbocycles. The third-order valence-electron chi connectivity index (χ3n) is 11.0. The molecule has 3 aliphatic heterocycles. The second kappa shape index (κ2) is 17.5. The Labute approximate surface area is 313 Å². The summed E-state index contributed by atoms with van der Waals surface area (Å²) in [6.45, 7) is 2.85. The van der Waals surface area contributed by atoms with E-state index < -0.39 is 55.6 Å². The summed E-state index contributed by atoms with van der Waals surface area (Å²) in [5.74, 6) is -4.23. The van der Waals surface area contributed by atoms with Crippen LogP contribution in [0.2, 0.25) is 0 Å². The summed E-state index contributed by atoms with van der Waals surface area (Å²) in [5.41, 5.74) is 0.655. The predicted octanol–water partition coefficient (Wildman–Crippen LogP) is 4.02. The molecular formula is C38H49N3O11S. The quantitative estimate of drug-likeness (QED) is 0.149. The first-order valence-corrected chi connectivity index (χ1v) is 19.6. The van der Waals surface area contributed by atoms with E-state index in [4.69, 9.17) is 18.9 Å². The Bertz CT molecular complexity index is 1600. The van der Waals surface area contributed by atoms with Crippen LogP contribution in [0.4, 0.5) is 5.69 Å². The van der Waals surface area contributed by atoms with Crippen molar-refractivity contribution < 1.29 is 52.8 Å². The molecule has 0 spiro atoms. The molecule has 3 heterocycles. The number of aliphatic hydroxyl groups is 1. The molecule has 1 aromatic rings. The Morgan fingerprint density at radius 3 is 2.11 bits per heavy atom. The fourth-order valence-corrected chi connectivity index (χ4v) is 9.62. The van der Waals surface area contributed by atoms with Crippen LogP contribution >= 0.6 is 11.8 Å². The van der Waals surface area contributed by atoms with Crippen molar-refractivity contribution in [2.75, 3.05) is 25.4 Å². The number of esters is 4. The maximum Gasteiger partial charge on any atom is 0.358 e. The van der Waals surface area contributed by atoms with Gasteiger partial charge in [0.25, 0.3) is 0 Å². The lowest BCUT2D eigenvalue weighted by molar-refractivity contribution is -0.174. The molecule has 0 radical (unpaired) electrons. The Morgan fingerprint density at radius 2 is 1.51 bits per heavy atom. The van der Waals surface area contributed by atoms with E-state index in [2.05, 4.69) is 10.6 Å². The SMILES string of the molecule is C[C@@H](O)[C@H]1C(=O)N2C(C(=O)OCOC(=O)C3CCCCC3)=C(S[C@@H]3CN[C@H](C(=O)Nc4cccc(C(=O)OCOC(=O)C5CCCCC5)c4)C3)[C@H](C)[C@H]12. The van der Waals surface area contributed by atoms with Gasteiger partial charge in [0.15, 0.2) is 0 Å². The minimum atomic E-state index is -0.908. The molecule has 6 rings (SSSR count). The average molecular weight is 756 g/mol. The number of β-lactam (4-membered cyclic amide) rings is 1. The van der Waals surface area contributed by atoms with Crippen LogP contribution in [-0.2, 0) is 42.9 Å². The highest BCUT2D eigenvalue weighted by Gasteiger charge is 2.60. The number of rotatable bonds is 13. The van der Waals surface area contributed by atoms with Crippen molar-refractivity contribution in [3.63, 3.8) is 0 Å². The first-order chi connectivity index (χ1) is 25.5. The molecule has 288 valence electrons. The van der Waals surface area contributed by atoms with Gasteiger partial charge in [-0.1, -0.05) is 51.5 Å². The molecule has 2 aliphatic carbocycles. The maximum atomic E-state index is 13.5. The van der Waals surface area contributed by atoms with E-state index in [1.165, 1.54) is 28.8 Å². The lowest BCUT2D eigenvalue weighted by Gasteiger charge is -2.46. The largest absolute Gasteiger partial charge is 0.428 e. The minimum Gasteiger partial charge on any atom is -0.428 e. The fraction of sp³-hybridized carbons (Fsp3) is 0.632. The van der Waals surface area contributed by atoms with Gasteiger partial charge in [0.05, 0.1) is 41.5 Å². The molecule has 2 amide bonds. The second-order valence-electron chi connectivity index (χ2n) is 14.7. The monoisotopic (exact) mass is 755 g/mol. The van der Waals surface area contributed by atoms with Gasteiger partial charge in [0.1, 0.15) is 5.70 Å². The molecule has 0 bridgehead atoms. The van der Waals surface area contributed by atoms with Gasteiger partial charge in [-0.05, 0) is 57.2 Å². The van der Waals surface area contributed by atoms with Crippen molar-refractivity contribution in [1.29, 1.82) is 0 Å². The first-order valence-electron chi connectivity index (χ1n) is 18.8. The number of benzene rings is 1. The van der Waals surface area contributed by atoms with Crippen LogP contribution in [0.3, 0.4) is 0 Å². The molecule has 53 heavy (non-hydrogen) atoms. The minimum absolute atomic E-state index is 0.0865. The Morgan fingerprint density at radius 1 is 0.906 bits per heavy atom. The van der Waals surface area contributed by atoms with Crippen molar-refractivity contribution >= 4 is 53.1 Å². The Hall–Kier alpha value is -3.95. The van der Waals surface area contributed by atoms with E-state index in [0.29, 0.717) is 23.6 Å². The van der Waals surface area contributed by atoms with Crippen LogP contribution in [0, 0.1) is 23.7 Å². The van der Waals surface area contributed by atoms with Crippen molar-refractivity contribution in [3.05, 3.63) is 40.4 Å². The standard InChI is InChI=1S/C38H49N3O11S/c1-21-30-29(22(2)42)34(44)41(30)31(38(48)52-20-50-36(46)24-12-7-4-8-13-24)32(21)53-27-17-28(39-18-27)33(43)40-26-15-9-14-25(16-26)37(47)51-19-49-35(45)23-10-5-3-6-11-23/h9,14-16,21-24,27-30,39,42H,3-8,10-13,17-20H2,1-2H3,(H,40,43)/t21-,22-,27+,28+,29-,30-/m1/s1. The molecular weight excluding hydrogens is 706 g/mol. The average Bonchev–Trinajstić information content (AvgIpc) is 3.73. The van der Waals surface area contributed by atoms with E-state index in [1.54, 1.807) is 19.1 Å². The van der Waals surface area contributed by atoms with Gasteiger partial charge < -0.3 is 39.6 Å². The van der Waals surface area contributed by atoms with Crippen molar-refractivity contribution in [1.82, 2.24) is 10.2 Å². The van der Waals surface area contributed by atoms with Crippen molar-refractivity contribution in [3.8, 4) is 0 Å². The van der Waals surface area contributed by atoms with Crippen molar-refractivity contribution in [2.45, 2.75) is 108 Å². The Kier molecular flexibility index (Phi) is 12.8. The van der Waals surface area contributed by atoms with E-state index in [-0.39, 0.29) is 52.0 Å². The summed E-state index contributed by atoms with van der Waals surface area (Å²) in [7, 11) is 0. The normalized spacial score (nSPS) is 26.7. The number of carbonyl (C=O) groups is 6. The molecule has 0 unspecified atom stereocenters. The van der Waals surface area contributed by atoms with Gasteiger partial charge in [-0.15, -0.1) is 11.8 Å². The fourth-order valence-electron chi connectivity index (χ4n) is 8.14. The van der Waals surface area contributed by atoms with E-state index in [1.807, 2.05) is 6.92 Å². The molecule has 3 N–H and O–H groups in total. The number of carbonyl (C=O) groups excluding carboxylic acids is 6. The highest BCUT2D eigenvalue weighted by Crippen LogP contribution is 2.52. The number of nitrogens with one attached hydrogen (secondary N) is 2. The number of ether oxygens (including phenoxy) is 4. The number of anilines is 1. The number of thioether (sulfide) groups is 1. The number of aliphatic hydroxyl groups excluding tert-OH is 1. The van der Waals surface area contributed by atoms with Crippen molar-refractivity contribution in [2.24, 2.45) is 23.7 Å². The van der Waals surface area contributed by atoms with Crippen LogP contribution < -0.4 is 10.6 Å². The number of hydrogen-bond donors (Lipinski definition) is 3. The number of fused-ring (bicyclic) bond motifs is 1. The van der Waals surface area contributed by atoms with Crippen LogP contribution in [0.15, 0.2) is 34.9 Å². The second-order valence-corrected chi connectivity index (χ2v) is 16.0. The maximum absolute atomic E-state index is 13.5. The van der Waals surface area contributed by atoms with Crippen LogP contribution in [0.1, 0.15) is 94.8 Å². The van der Waals surface area contributed by atoms with Gasteiger partial charge in [0.2, 0.25) is 25.4 Å². The van der Waals surface area contributed by atoms with Crippen LogP contribution in [-0.4, -0.2) is 89.3 Å². The van der Waals surface area contributed by atoms with Gasteiger partial charge >= 0.3 is 23.9 Å². The van der Waals surface area contributed by atoms with Gasteiger partial charge in [-0.2, -0.15) is 0 Å². The van der Waals surface area contributed by atoms with E-state index in [9.17, 15) is 33.9 Å². The molecule has 5 aliphatic rings. The number of amides is 2. The zero-order chi connectivity index (χ0) is 37.6. The summed E-state index contributed by atoms with van der Waals surface area (Å²) in [6.07, 6.45) is 8.61. The summed E-state index contributed by atoms with van der Waals surface area (Å²) in [5, 5.41) is 16.3. The van der Waals surface area contributed by atoms with Gasteiger partial charge in [-0.3, -0.25) is 19.2 Å². The molecule has 2 saturated heterocycles. The zero-order valence-corrected chi connectivity index (χ0v) is 31.0. The summed E-state index contributed by atoms with van der Waals surface area (Å²) < 4.78 is 21.0. The molecule has 0 aromatic heterocycles. The van der Waals surface area contributed by atoms with Crippen LogP contribution in [0.5, 0.6) is 0 Å². The van der Waals surface area contributed by atoms with E-state index in [0.717, 1.165) is 64.2 Å². The van der Waals surface area contributed by atoms with Crippen LogP contribution in [0.25, 0.3) is 0 Å². The molecule has 2 saturated carbocycles. The summed E-state index contributed by atoms with van der Waals surface area (Å²) in [6, 6.07) is 5.27. The highest BCUT2D eigenvalue weighted by molar-refractivity contribution is 8.03. The van der Waals surface area contributed by atoms with Gasteiger partial charge in [0, 0.05) is 28.3 Å². The first kappa shape index (κ1) is 38.8. The van der Waals surface area contributed by atoms with Gasteiger partial charge in [-0.25, -0.2) is 9.59 Å². The summed E-state index contributed by atoms with van der Waals surface area (Å²) >= 11 is 1.39. The summed E-state index contributed by atoms with van der Waals surface area (Å²) in [4.78, 5) is 79.4. The predicted molar refractivity (Wildman–Crippen MR) is 191 cm³/mol. The smallest absolute Gasteiger partial charge is 0.358 e. The van der Waals surface area contributed by atoms with E-state index >= 15 is 0 Å². The lowest BCUT2D eigenvalue weighted by Crippen LogP contribution is -2.63. The zero-order valence-electron chi connectivity index (χ0n) is 30.2. The molecule has 14 nitrogen and oxygen atoms in total. The third-order valence-corrected chi connectivity index (χ3v) is 12.5. The topological polar surface area (TPSA) is 187 Å². The lowest BCUT2D eigenvalue weighted by atomic mass is 9.79. The number of nitrogens with zero attached hydrogens (tertiary/aromatic N) is 1.